The van der Waals surface area contributed by atoms with Crippen LogP contribution in [0.3, 0.4) is 0 Å². The van der Waals surface area contributed by atoms with Crippen molar-refractivity contribution in [3.8, 4) is 11.5 Å². The van der Waals surface area contributed by atoms with E-state index in [0.717, 1.165) is 0 Å². The molecule has 0 bridgehead atoms. The molecule has 2 aromatic carbocycles. The van der Waals surface area contributed by atoms with Gasteiger partial charge in [-0.2, -0.15) is 0 Å². The molecule has 0 spiro atoms. The molecule has 1 saturated heterocycles. The Kier molecular flexibility index (Phi) is 7.01. The second-order valence-corrected chi connectivity index (χ2v) is 7.21. The zero-order chi connectivity index (χ0) is 19.9. The van der Waals surface area contributed by atoms with Crippen LogP contribution in [0.15, 0.2) is 48.5 Å². The summed E-state index contributed by atoms with van der Waals surface area (Å²) in [4.78, 5) is 26.0. The van der Waals surface area contributed by atoms with Gasteiger partial charge in [-0.3, -0.25) is 4.79 Å². The molecular formula is C20H20Cl2N2O4. The largest absolute Gasteiger partial charge is 0.482 e. The topological polar surface area (TPSA) is 67.9 Å². The number of carbonyl (C=O) groups is 2. The number of nitrogens with one attached hydrogen (secondary N) is 1. The van der Waals surface area contributed by atoms with Gasteiger partial charge in [0.05, 0.1) is 5.02 Å². The highest BCUT2D eigenvalue weighted by atomic mass is 35.5. The molecule has 0 aliphatic carbocycles. The van der Waals surface area contributed by atoms with Crippen molar-refractivity contribution in [1.82, 2.24) is 10.2 Å². The van der Waals surface area contributed by atoms with Crippen LogP contribution in [0.1, 0.15) is 12.8 Å². The molecule has 6 nitrogen and oxygen atoms in total. The highest BCUT2D eigenvalue weighted by Gasteiger charge is 2.24. The van der Waals surface area contributed by atoms with Crippen LogP contribution in [-0.2, 0) is 4.79 Å². The number of halogens is 2. The number of ether oxygens (including phenoxy) is 2. The van der Waals surface area contributed by atoms with E-state index in [-0.39, 0.29) is 18.6 Å². The minimum absolute atomic E-state index is 0.0353. The van der Waals surface area contributed by atoms with Gasteiger partial charge in [0.2, 0.25) is 0 Å². The van der Waals surface area contributed by atoms with E-state index in [2.05, 4.69) is 5.32 Å². The number of amides is 2. The minimum Gasteiger partial charge on any atom is -0.482 e. The first-order chi connectivity index (χ1) is 13.5. The normalized spacial score (nSPS) is 14.4. The van der Waals surface area contributed by atoms with Gasteiger partial charge >= 0.3 is 6.09 Å². The zero-order valence-corrected chi connectivity index (χ0v) is 16.6. The fourth-order valence-electron chi connectivity index (χ4n) is 2.89. The van der Waals surface area contributed by atoms with Crippen molar-refractivity contribution in [1.29, 1.82) is 0 Å². The molecule has 0 saturated carbocycles. The Bertz CT molecular complexity index is 824. The number of hydrogen-bond acceptors (Lipinski definition) is 4. The molecule has 1 fully saturated rings. The molecule has 148 valence electrons. The predicted octanol–water partition coefficient (Wildman–Crippen LogP) is 4.15. The minimum atomic E-state index is -0.489. The van der Waals surface area contributed by atoms with Crippen LogP contribution < -0.4 is 14.8 Å². The van der Waals surface area contributed by atoms with Gasteiger partial charge in [0.25, 0.3) is 5.91 Å². The lowest BCUT2D eigenvalue weighted by molar-refractivity contribution is -0.134. The standard InChI is InChI=1S/C20H20Cl2N2O4/c21-14-6-7-18(17(22)12-14)27-13-19(25)24-10-8-15(9-11-24)23-20(26)28-16-4-2-1-3-5-16/h1-7,12,15H,8-11,13H2,(H,23,26). The first kappa shape index (κ1) is 20.3. The molecule has 0 unspecified atom stereocenters. The van der Waals surface area contributed by atoms with Crippen LogP contribution in [0, 0.1) is 0 Å². The average Bonchev–Trinajstić information content (AvgIpc) is 2.68. The Labute approximate surface area is 173 Å². The van der Waals surface area contributed by atoms with E-state index in [0.29, 0.717) is 47.5 Å². The molecule has 28 heavy (non-hydrogen) atoms. The van der Waals surface area contributed by atoms with E-state index in [4.69, 9.17) is 32.7 Å². The van der Waals surface area contributed by atoms with Gasteiger partial charge in [-0.05, 0) is 43.2 Å². The zero-order valence-electron chi connectivity index (χ0n) is 15.1. The Balaban J connectivity index is 1.40. The number of benzene rings is 2. The smallest absolute Gasteiger partial charge is 0.412 e. The third-order valence-electron chi connectivity index (χ3n) is 4.37. The van der Waals surface area contributed by atoms with Crippen molar-refractivity contribution in [2.24, 2.45) is 0 Å². The van der Waals surface area contributed by atoms with E-state index >= 15 is 0 Å². The van der Waals surface area contributed by atoms with Crippen molar-refractivity contribution >= 4 is 35.2 Å². The molecule has 0 radical (unpaired) electrons. The summed E-state index contributed by atoms with van der Waals surface area (Å²) in [5.74, 6) is 0.779. The van der Waals surface area contributed by atoms with E-state index in [1.807, 2.05) is 6.07 Å². The van der Waals surface area contributed by atoms with E-state index in [1.54, 1.807) is 47.4 Å². The second kappa shape index (κ2) is 9.66. The second-order valence-electron chi connectivity index (χ2n) is 6.37. The van der Waals surface area contributed by atoms with Gasteiger partial charge in [0.15, 0.2) is 6.61 Å². The summed E-state index contributed by atoms with van der Waals surface area (Å²) in [5.41, 5.74) is 0. The molecular weight excluding hydrogens is 403 g/mol. The Hall–Kier alpha value is -2.44. The summed E-state index contributed by atoms with van der Waals surface area (Å²) in [6.45, 7) is 0.967. The Morgan fingerprint density at radius 3 is 2.46 bits per heavy atom. The van der Waals surface area contributed by atoms with Crippen LogP contribution in [0.25, 0.3) is 0 Å². The molecule has 1 N–H and O–H groups in total. The van der Waals surface area contributed by atoms with Gasteiger partial charge in [-0.1, -0.05) is 41.4 Å². The molecule has 2 aromatic rings. The first-order valence-corrected chi connectivity index (χ1v) is 9.66. The molecule has 0 aromatic heterocycles. The fourth-order valence-corrected chi connectivity index (χ4v) is 3.35. The molecule has 8 heteroatoms. The molecule has 1 aliphatic heterocycles. The molecule has 2 amide bonds. The monoisotopic (exact) mass is 422 g/mol. The Morgan fingerprint density at radius 2 is 1.79 bits per heavy atom. The average molecular weight is 423 g/mol. The summed E-state index contributed by atoms with van der Waals surface area (Å²) < 4.78 is 10.7. The summed E-state index contributed by atoms with van der Waals surface area (Å²) in [6, 6.07) is 13.7. The van der Waals surface area contributed by atoms with Crippen molar-refractivity contribution in [2.45, 2.75) is 18.9 Å². The van der Waals surface area contributed by atoms with Crippen molar-refractivity contribution in [3.05, 3.63) is 58.6 Å². The number of rotatable bonds is 5. The highest BCUT2D eigenvalue weighted by molar-refractivity contribution is 6.35. The highest BCUT2D eigenvalue weighted by Crippen LogP contribution is 2.27. The van der Waals surface area contributed by atoms with E-state index in [9.17, 15) is 9.59 Å². The number of piperidine rings is 1. The Morgan fingerprint density at radius 1 is 1.07 bits per heavy atom. The lowest BCUT2D eigenvalue weighted by Gasteiger charge is -2.32. The van der Waals surface area contributed by atoms with Crippen LogP contribution in [0.2, 0.25) is 10.0 Å². The van der Waals surface area contributed by atoms with Crippen molar-refractivity contribution in [2.75, 3.05) is 19.7 Å². The lowest BCUT2D eigenvalue weighted by Crippen LogP contribution is -2.48. The van der Waals surface area contributed by atoms with Crippen LogP contribution in [0.4, 0.5) is 4.79 Å². The number of carbonyl (C=O) groups excluding carboxylic acids is 2. The van der Waals surface area contributed by atoms with Crippen LogP contribution in [-0.4, -0.2) is 42.6 Å². The van der Waals surface area contributed by atoms with E-state index in [1.165, 1.54) is 0 Å². The maximum Gasteiger partial charge on any atom is 0.412 e. The van der Waals surface area contributed by atoms with Crippen LogP contribution >= 0.6 is 23.2 Å². The fraction of sp³-hybridized carbons (Fsp3) is 0.300. The maximum atomic E-state index is 12.3. The predicted molar refractivity (Wildman–Crippen MR) is 107 cm³/mol. The van der Waals surface area contributed by atoms with Crippen molar-refractivity contribution < 1.29 is 19.1 Å². The third-order valence-corrected chi connectivity index (χ3v) is 4.90. The van der Waals surface area contributed by atoms with Crippen molar-refractivity contribution in [3.63, 3.8) is 0 Å². The first-order valence-electron chi connectivity index (χ1n) is 8.90. The number of nitrogens with zero attached hydrogens (tertiary/aromatic N) is 1. The lowest BCUT2D eigenvalue weighted by atomic mass is 10.1. The SMILES string of the molecule is O=C(NC1CCN(C(=O)COc2ccc(Cl)cc2Cl)CC1)Oc1ccccc1. The molecule has 1 heterocycles. The maximum absolute atomic E-state index is 12.3. The van der Waals surface area contributed by atoms with Gasteiger partial charge in [0.1, 0.15) is 11.5 Å². The third kappa shape index (κ3) is 5.78. The summed E-state index contributed by atoms with van der Waals surface area (Å²) >= 11 is 11.9. The summed E-state index contributed by atoms with van der Waals surface area (Å²) in [6.07, 6.45) is 0.811. The van der Waals surface area contributed by atoms with E-state index < -0.39 is 6.09 Å². The summed E-state index contributed by atoms with van der Waals surface area (Å²) in [5, 5.41) is 3.70. The van der Waals surface area contributed by atoms with Gasteiger partial charge in [-0.25, -0.2) is 4.79 Å². The summed E-state index contributed by atoms with van der Waals surface area (Å²) in [7, 11) is 0. The quantitative estimate of drug-likeness (QED) is 0.785. The molecule has 0 atom stereocenters. The molecule has 1 aliphatic rings. The van der Waals surface area contributed by atoms with Gasteiger partial charge in [-0.15, -0.1) is 0 Å². The number of likely N-dealkylation sites (tertiary alicyclic amines) is 1. The number of hydrogen-bond donors (Lipinski definition) is 1. The molecule has 3 rings (SSSR count). The van der Waals surface area contributed by atoms with Gasteiger partial charge < -0.3 is 19.7 Å². The number of para-hydroxylation sites is 1. The van der Waals surface area contributed by atoms with Gasteiger partial charge in [0, 0.05) is 24.2 Å². The van der Waals surface area contributed by atoms with Crippen LogP contribution in [0.5, 0.6) is 11.5 Å².